The molecule has 0 heterocycles. The zero-order valence-corrected chi connectivity index (χ0v) is 11.2. The van der Waals surface area contributed by atoms with Crippen LogP contribution in [0.25, 0.3) is 0 Å². The molecule has 0 saturated heterocycles. The van der Waals surface area contributed by atoms with Crippen LogP contribution in [-0.2, 0) is 10.1 Å². The molecule has 0 radical (unpaired) electrons. The van der Waals surface area contributed by atoms with Crippen LogP contribution in [0.4, 0.5) is 0 Å². The molecule has 0 fully saturated rings. The van der Waals surface area contributed by atoms with Crippen molar-refractivity contribution in [3.05, 3.63) is 32.8 Å². The van der Waals surface area contributed by atoms with E-state index in [0.717, 1.165) is 10.0 Å². The molecule has 0 N–H and O–H groups in total. The topological polar surface area (TPSA) is 26.3 Å². The highest BCUT2D eigenvalue weighted by atomic mass is 79.9. The molecule has 76 valence electrons. The first-order valence-electron chi connectivity index (χ1n) is 3.73. The molecule has 0 aromatic heterocycles. The zero-order valence-electron chi connectivity index (χ0n) is 7.31. The Morgan fingerprint density at radius 1 is 1.57 bits per heavy atom. The predicted octanol–water partition coefficient (Wildman–Crippen LogP) is 3.78. The van der Waals surface area contributed by atoms with Gasteiger partial charge in [0.25, 0.3) is 0 Å². The van der Waals surface area contributed by atoms with Crippen LogP contribution in [0.5, 0.6) is 0 Å². The van der Waals surface area contributed by atoms with Gasteiger partial charge in [-0.25, -0.2) is 4.79 Å². The van der Waals surface area contributed by atoms with Crippen LogP contribution in [0.1, 0.15) is 15.9 Å². The summed E-state index contributed by atoms with van der Waals surface area (Å²) in [4.78, 5) is 11.4. The smallest absolute Gasteiger partial charge is 0.339 e. The van der Waals surface area contributed by atoms with Gasteiger partial charge in [0.2, 0.25) is 0 Å². The molecule has 1 aromatic rings. The Kier molecular flexibility index (Phi) is 4.41. The van der Waals surface area contributed by atoms with Crippen molar-refractivity contribution in [2.75, 3.05) is 7.11 Å². The second-order valence-electron chi connectivity index (χ2n) is 2.51. The van der Waals surface area contributed by atoms with Crippen LogP contribution in [0.3, 0.4) is 0 Å². The van der Waals surface area contributed by atoms with E-state index in [2.05, 4.69) is 36.6 Å². The summed E-state index contributed by atoms with van der Waals surface area (Å²) in [5, 5.41) is 0.938. The van der Waals surface area contributed by atoms with Gasteiger partial charge < -0.3 is 4.74 Å². The minimum atomic E-state index is -0.425. The van der Waals surface area contributed by atoms with Crippen molar-refractivity contribution in [2.24, 2.45) is 0 Å². The summed E-state index contributed by atoms with van der Waals surface area (Å²) in [6.45, 7) is 0. The SMILES string of the molecule is COC(=O)c1c(Cl)ccc(Br)c1CBr. The third kappa shape index (κ3) is 2.30. The first-order chi connectivity index (χ1) is 6.61. The van der Waals surface area contributed by atoms with Gasteiger partial charge in [-0.3, -0.25) is 0 Å². The van der Waals surface area contributed by atoms with Crippen molar-refractivity contribution in [1.82, 2.24) is 0 Å². The summed E-state index contributed by atoms with van der Waals surface area (Å²) >= 11 is 12.5. The average molecular weight is 342 g/mol. The summed E-state index contributed by atoms with van der Waals surface area (Å²) in [6.07, 6.45) is 0. The van der Waals surface area contributed by atoms with Gasteiger partial charge in [-0.05, 0) is 17.7 Å². The van der Waals surface area contributed by atoms with E-state index < -0.39 is 5.97 Å². The van der Waals surface area contributed by atoms with E-state index in [0.29, 0.717) is 15.9 Å². The molecule has 0 aliphatic carbocycles. The summed E-state index contributed by atoms with van der Waals surface area (Å²) in [7, 11) is 1.33. The molecule has 0 saturated carbocycles. The first kappa shape index (κ1) is 12.0. The normalized spacial score (nSPS) is 10.0. The van der Waals surface area contributed by atoms with E-state index in [9.17, 15) is 4.79 Å². The van der Waals surface area contributed by atoms with E-state index in [-0.39, 0.29) is 0 Å². The maximum Gasteiger partial charge on any atom is 0.339 e. The summed E-state index contributed by atoms with van der Waals surface area (Å²) < 4.78 is 5.48. The Morgan fingerprint density at radius 3 is 2.71 bits per heavy atom. The van der Waals surface area contributed by atoms with Gasteiger partial charge in [-0.2, -0.15) is 0 Å². The molecular weight excluding hydrogens is 335 g/mol. The molecule has 0 amide bonds. The Morgan fingerprint density at radius 2 is 2.21 bits per heavy atom. The Labute approximate surface area is 104 Å². The lowest BCUT2D eigenvalue weighted by molar-refractivity contribution is 0.0600. The number of hydrogen-bond donors (Lipinski definition) is 0. The summed E-state index contributed by atoms with van der Waals surface area (Å²) in [5.74, 6) is -0.425. The van der Waals surface area contributed by atoms with Crippen LogP contribution in [0, 0.1) is 0 Å². The van der Waals surface area contributed by atoms with Crippen LogP contribution in [0.15, 0.2) is 16.6 Å². The minimum Gasteiger partial charge on any atom is -0.465 e. The van der Waals surface area contributed by atoms with Gasteiger partial charge in [0.05, 0.1) is 17.7 Å². The molecule has 0 bridgehead atoms. The molecular formula is C9H7Br2ClO2. The predicted molar refractivity (Wildman–Crippen MR) is 63.1 cm³/mol. The Hall–Kier alpha value is -0.0600. The Balaban J connectivity index is 3.37. The van der Waals surface area contributed by atoms with Gasteiger partial charge >= 0.3 is 5.97 Å². The van der Waals surface area contributed by atoms with Gasteiger partial charge in [-0.1, -0.05) is 43.5 Å². The standard InChI is InChI=1S/C9H7Br2ClO2/c1-14-9(13)8-5(4-10)6(11)2-3-7(8)12/h2-3H,4H2,1H3. The summed E-state index contributed by atoms with van der Waals surface area (Å²) in [5.41, 5.74) is 1.20. The lowest BCUT2D eigenvalue weighted by atomic mass is 10.1. The fourth-order valence-electron chi connectivity index (χ4n) is 1.05. The number of rotatable bonds is 2. The van der Waals surface area contributed by atoms with Crippen molar-refractivity contribution < 1.29 is 9.53 Å². The molecule has 14 heavy (non-hydrogen) atoms. The van der Waals surface area contributed by atoms with Crippen LogP contribution in [0.2, 0.25) is 5.02 Å². The monoisotopic (exact) mass is 340 g/mol. The molecule has 0 unspecified atom stereocenters. The van der Waals surface area contributed by atoms with Crippen molar-refractivity contribution in [2.45, 2.75) is 5.33 Å². The number of esters is 1. The third-order valence-corrected chi connectivity index (χ3v) is 3.35. The van der Waals surface area contributed by atoms with E-state index in [1.807, 2.05) is 0 Å². The molecule has 0 aliphatic heterocycles. The number of carbonyl (C=O) groups excluding carboxylic acids is 1. The van der Waals surface area contributed by atoms with Crippen molar-refractivity contribution in [3.63, 3.8) is 0 Å². The van der Waals surface area contributed by atoms with Crippen molar-refractivity contribution >= 4 is 49.4 Å². The van der Waals surface area contributed by atoms with Gasteiger partial charge in [-0.15, -0.1) is 0 Å². The number of halogens is 3. The third-order valence-electron chi connectivity index (χ3n) is 1.73. The fraction of sp³-hybridized carbons (Fsp3) is 0.222. The lowest BCUT2D eigenvalue weighted by Crippen LogP contribution is -2.06. The van der Waals surface area contributed by atoms with E-state index in [4.69, 9.17) is 11.6 Å². The van der Waals surface area contributed by atoms with Gasteiger partial charge in [0.1, 0.15) is 0 Å². The van der Waals surface area contributed by atoms with Crippen molar-refractivity contribution in [1.29, 1.82) is 0 Å². The largest absolute Gasteiger partial charge is 0.465 e. The number of benzene rings is 1. The molecule has 5 heteroatoms. The summed E-state index contributed by atoms with van der Waals surface area (Å²) in [6, 6.07) is 3.45. The number of carbonyl (C=O) groups is 1. The van der Waals surface area contributed by atoms with Crippen LogP contribution in [-0.4, -0.2) is 13.1 Å². The quantitative estimate of drug-likeness (QED) is 0.604. The van der Waals surface area contributed by atoms with E-state index in [1.165, 1.54) is 7.11 Å². The van der Waals surface area contributed by atoms with Crippen LogP contribution >= 0.6 is 43.5 Å². The lowest BCUT2D eigenvalue weighted by Gasteiger charge is -2.09. The first-order valence-corrected chi connectivity index (χ1v) is 6.02. The fourth-order valence-corrected chi connectivity index (χ4v) is 2.73. The van der Waals surface area contributed by atoms with E-state index >= 15 is 0 Å². The molecule has 0 aliphatic rings. The average Bonchev–Trinajstić information content (AvgIpc) is 2.19. The zero-order chi connectivity index (χ0) is 10.7. The van der Waals surface area contributed by atoms with Gasteiger partial charge in [0, 0.05) is 9.80 Å². The number of ether oxygens (including phenoxy) is 1. The molecule has 0 atom stereocenters. The number of alkyl halides is 1. The highest BCUT2D eigenvalue weighted by Gasteiger charge is 2.17. The maximum absolute atomic E-state index is 11.4. The van der Waals surface area contributed by atoms with Crippen molar-refractivity contribution in [3.8, 4) is 0 Å². The molecule has 2 nitrogen and oxygen atoms in total. The van der Waals surface area contributed by atoms with Crippen LogP contribution < -0.4 is 0 Å². The van der Waals surface area contributed by atoms with E-state index in [1.54, 1.807) is 12.1 Å². The number of hydrogen-bond acceptors (Lipinski definition) is 2. The second kappa shape index (κ2) is 5.14. The molecule has 0 spiro atoms. The highest BCUT2D eigenvalue weighted by Crippen LogP contribution is 2.29. The minimum absolute atomic E-state index is 0.398. The Bertz CT molecular complexity index is 366. The molecule has 1 aromatic carbocycles. The van der Waals surface area contributed by atoms with Gasteiger partial charge in [0.15, 0.2) is 0 Å². The highest BCUT2D eigenvalue weighted by molar-refractivity contribution is 9.10. The molecule has 1 rings (SSSR count). The number of methoxy groups -OCH3 is 1. The second-order valence-corrected chi connectivity index (χ2v) is 4.33. The maximum atomic E-state index is 11.4.